The molecule has 0 fully saturated rings. The van der Waals surface area contributed by atoms with Gasteiger partial charge in [-0.25, -0.2) is 0 Å². The van der Waals surface area contributed by atoms with Gasteiger partial charge in [0.15, 0.2) is 0 Å². The summed E-state index contributed by atoms with van der Waals surface area (Å²) in [6.45, 7) is -0.135. The van der Waals surface area contributed by atoms with Crippen LogP contribution in [0.4, 0.5) is 17.1 Å². The molecule has 0 bridgehead atoms. The first-order chi connectivity index (χ1) is 35.7. The first-order valence-electron chi connectivity index (χ1n) is 24.6. The van der Waals surface area contributed by atoms with Crippen LogP contribution in [-0.4, -0.2) is 11.3 Å². The Labute approximate surface area is 423 Å². The Balaban J connectivity index is 0.974. The highest BCUT2D eigenvalue weighted by Gasteiger charge is 2.43. The highest BCUT2D eigenvalue weighted by atomic mass is 32.1. The normalized spacial score (nSPS) is 12.8. The van der Waals surface area contributed by atoms with Gasteiger partial charge in [0.2, 0.25) is 0 Å². The van der Waals surface area contributed by atoms with Crippen LogP contribution < -0.4 is 26.0 Å². The van der Waals surface area contributed by atoms with E-state index in [1.165, 1.54) is 101 Å². The van der Waals surface area contributed by atoms with Gasteiger partial charge in [-0.3, -0.25) is 0 Å². The molecule has 14 aromatic rings. The number of hydrogen-bond acceptors (Lipinski definition) is 4. The molecule has 0 amide bonds. The first kappa shape index (κ1) is 40.1. The third-order valence-electron chi connectivity index (χ3n) is 15.3. The predicted molar refractivity (Wildman–Crippen MR) is 309 cm³/mol. The summed E-state index contributed by atoms with van der Waals surface area (Å²) < 4.78 is 15.0. The highest BCUT2D eigenvalue weighted by molar-refractivity contribution is 7.26. The minimum atomic E-state index is -0.135. The molecule has 2 aliphatic heterocycles. The molecule has 0 spiro atoms. The van der Waals surface area contributed by atoms with Gasteiger partial charge in [0.05, 0.1) is 16.7 Å². The summed E-state index contributed by atoms with van der Waals surface area (Å²) in [5.74, 6) is 1.75. The second-order valence-corrected chi connectivity index (χ2v) is 21.2. The zero-order valence-electron chi connectivity index (χ0n) is 38.7. The lowest BCUT2D eigenvalue weighted by Crippen LogP contribution is -2.59. The number of nitrogens with zero attached hydrogens (tertiary/aromatic N) is 2. The zero-order chi connectivity index (χ0) is 47.0. The lowest BCUT2D eigenvalue weighted by atomic mass is 9.34. The van der Waals surface area contributed by atoms with Crippen molar-refractivity contribution in [1.29, 1.82) is 0 Å². The van der Waals surface area contributed by atoms with Gasteiger partial charge >= 0.3 is 0 Å². The molecule has 3 nitrogen and oxygen atoms in total. The van der Waals surface area contributed by atoms with Crippen molar-refractivity contribution in [3.8, 4) is 50.6 Å². The van der Waals surface area contributed by atoms with E-state index in [0.29, 0.717) is 0 Å². The molecule has 0 atom stereocenters. The molecular weight excluding hydrogens is 912 g/mol. The van der Waals surface area contributed by atoms with Gasteiger partial charge in [-0.05, 0) is 104 Å². The summed E-state index contributed by atoms with van der Waals surface area (Å²) >= 11 is 3.77. The van der Waals surface area contributed by atoms with Crippen molar-refractivity contribution in [3.63, 3.8) is 0 Å². The molecule has 11 aromatic carbocycles. The van der Waals surface area contributed by atoms with Gasteiger partial charge in [-0.1, -0.05) is 176 Å². The van der Waals surface area contributed by atoms with E-state index in [4.69, 9.17) is 4.74 Å². The second kappa shape index (κ2) is 15.4. The predicted octanol–water partition coefficient (Wildman–Crippen LogP) is 16.9. The van der Waals surface area contributed by atoms with Crippen LogP contribution in [0.5, 0.6) is 11.5 Å². The molecule has 0 saturated carbocycles. The number of thiophene rings is 2. The molecule has 0 unspecified atom stereocenters. The van der Waals surface area contributed by atoms with Crippen LogP contribution in [0.2, 0.25) is 0 Å². The Hall–Kier alpha value is -8.68. The molecule has 72 heavy (non-hydrogen) atoms. The van der Waals surface area contributed by atoms with Crippen molar-refractivity contribution < 1.29 is 4.74 Å². The van der Waals surface area contributed by atoms with Gasteiger partial charge in [0, 0.05) is 74.2 Å². The molecule has 0 saturated heterocycles. The minimum Gasteiger partial charge on any atom is -0.458 e. The van der Waals surface area contributed by atoms with Crippen LogP contribution in [0, 0.1) is 0 Å². The molecule has 2 aliphatic rings. The molecule has 16 rings (SSSR count). The molecular formula is C66H39BN2OS2. The molecule has 0 radical (unpaired) electrons. The van der Waals surface area contributed by atoms with Crippen molar-refractivity contribution in [2.24, 2.45) is 0 Å². The number of aromatic nitrogens is 1. The molecule has 3 aromatic heterocycles. The van der Waals surface area contributed by atoms with E-state index in [9.17, 15) is 0 Å². The number of ether oxygens (including phenoxy) is 1. The summed E-state index contributed by atoms with van der Waals surface area (Å²) in [4.78, 5) is 2.50. The van der Waals surface area contributed by atoms with Crippen LogP contribution in [0.15, 0.2) is 237 Å². The van der Waals surface area contributed by atoms with Gasteiger partial charge in [0.25, 0.3) is 6.71 Å². The number of benzene rings is 11. The number of rotatable bonds is 5. The fraction of sp³-hybridized carbons (Fsp3) is 0. The van der Waals surface area contributed by atoms with E-state index in [1.54, 1.807) is 0 Å². The Morgan fingerprint density at radius 1 is 0.347 bits per heavy atom. The van der Waals surface area contributed by atoms with Gasteiger partial charge < -0.3 is 14.2 Å². The van der Waals surface area contributed by atoms with Crippen LogP contribution in [0.1, 0.15) is 0 Å². The Morgan fingerprint density at radius 2 is 0.875 bits per heavy atom. The number of fused-ring (bicyclic) bond motifs is 13. The van der Waals surface area contributed by atoms with E-state index < -0.39 is 0 Å². The van der Waals surface area contributed by atoms with Gasteiger partial charge in [0.1, 0.15) is 11.5 Å². The Kier molecular flexibility index (Phi) is 8.58. The van der Waals surface area contributed by atoms with Crippen LogP contribution in [0.3, 0.4) is 0 Å². The molecule has 0 aliphatic carbocycles. The molecule has 6 heteroatoms. The van der Waals surface area contributed by atoms with Crippen LogP contribution >= 0.6 is 22.7 Å². The maximum atomic E-state index is 7.36. The fourth-order valence-corrected chi connectivity index (χ4v) is 14.5. The van der Waals surface area contributed by atoms with Crippen molar-refractivity contribution in [1.82, 2.24) is 4.57 Å². The molecule has 0 N–H and O–H groups in total. The van der Waals surface area contributed by atoms with E-state index >= 15 is 0 Å². The van der Waals surface area contributed by atoms with E-state index in [0.717, 1.165) is 45.3 Å². The third-order valence-corrected chi connectivity index (χ3v) is 17.7. The number of hydrogen-bond donors (Lipinski definition) is 0. The smallest absolute Gasteiger partial charge is 0.256 e. The maximum absolute atomic E-state index is 7.36. The van der Waals surface area contributed by atoms with Gasteiger partial charge in [-0.15, -0.1) is 22.7 Å². The van der Waals surface area contributed by atoms with E-state index in [-0.39, 0.29) is 6.71 Å². The molecule has 5 heterocycles. The average Bonchev–Trinajstić information content (AvgIpc) is 4.13. The van der Waals surface area contributed by atoms with Crippen LogP contribution in [-0.2, 0) is 0 Å². The van der Waals surface area contributed by atoms with Gasteiger partial charge in [-0.2, -0.15) is 0 Å². The monoisotopic (exact) mass is 950 g/mol. The summed E-state index contributed by atoms with van der Waals surface area (Å²) in [6.07, 6.45) is 0. The Morgan fingerprint density at radius 3 is 1.53 bits per heavy atom. The number of para-hydroxylation sites is 2. The minimum absolute atomic E-state index is 0.135. The van der Waals surface area contributed by atoms with Crippen LogP contribution in [0.25, 0.3) is 101 Å². The lowest BCUT2D eigenvalue weighted by molar-refractivity contribution is 0.487. The largest absolute Gasteiger partial charge is 0.458 e. The van der Waals surface area contributed by atoms with Crippen molar-refractivity contribution in [3.05, 3.63) is 237 Å². The maximum Gasteiger partial charge on any atom is 0.256 e. The second-order valence-electron chi connectivity index (χ2n) is 19.1. The summed E-state index contributed by atoms with van der Waals surface area (Å²) in [6, 6.07) is 87.4. The van der Waals surface area contributed by atoms with E-state index in [1.807, 2.05) is 22.7 Å². The van der Waals surface area contributed by atoms with E-state index in [2.05, 4.69) is 246 Å². The quantitative estimate of drug-likeness (QED) is 0.160. The fourth-order valence-electron chi connectivity index (χ4n) is 12.1. The first-order valence-corrected chi connectivity index (χ1v) is 26.2. The van der Waals surface area contributed by atoms with Crippen molar-refractivity contribution in [2.75, 3.05) is 4.90 Å². The SMILES string of the molecule is c1ccc(-c2ccc(N3c4ccc(-c5cccc6c5sc5ccccc56)cc4B4c5cc(-c6cccc7c6sc6ccccc67)ccc5Oc5cc(-n6c7ccccc7c7ccccc76)cc3c54)cc2)cc1. The highest BCUT2D eigenvalue weighted by Crippen LogP contribution is 2.47. The standard InChI is InChI=1S/C66H39BN2OS2/c1-2-14-40(15-3-1)41-28-32-44(33-29-41)68-58-34-30-42(46-20-12-22-52-50-18-6-10-26-62(50)71-65(46)52)36-54(58)67-55-37-43(47-21-13-23-53-51-19-7-11-27-63(51)72-66(47)53)31-35-60(55)70-61-39-45(38-59(68)64(61)67)69-56-24-8-4-16-48(56)49-17-5-9-25-57(49)69/h1-39H. The lowest BCUT2D eigenvalue weighted by Gasteiger charge is -2.40. The summed E-state index contributed by atoms with van der Waals surface area (Å²) in [5.41, 5.74) is 17.6. The Bertz CT molecular complexity index is 4510. The van der Waals surface area contributed by atoms with Crippen molar-refractivity contribution >= 4 is 125 Å². The number of anilines is 3. The molecule has 334 valence electrons. The van der Waals surface area contributed by atoms with Crippen molar-refractivity contribution in [2.45, 2.75) is 0 Å². The summed E-state index contributed by atoms with van der Waals surface area (Å²) in [5, 5.41) is 7.66. The average molecular weight is 951 g/mol. The zero-order valence-corrected chi connectivity index (χ0v) is 40.3. The topological polar surface area (TPSA) is 17.4 Å². The third kappa shape index (κ3) is 5.85. The summed E-state index contributed by atoms with van der Waals surface area (Å²) in [7, 11) is 0.